The number of rotatable bonds is 3. The van der Waals surface area contributed by atoms with Crippen molar-refractivity contribution in [3.63, 3.8) is 0 Å². The van der Waals surface area contributed by atoms with Crippen LogP contribution >= 0.6 is 23.2 Å². The smallest absolute Gasteiger partial charge is 0.225 e. The van der Waals surface area contributed by atoms with Crippen molar-refractivity contribution in [2.75, 3.05) is 26.2 Å². The molecule has 1 saturated heterocycles. The molecule has 0 bridgehead atoms. The molecule has 1 aromatic carbocycles. The molecule has 5 heteroatoms. The van der Waals surface area contributed by atoms with Crippen LogP contribution in [0.1, 0.15) is 24.8 Å². The Hall–Kier alpha value is -0.770. The minimum absolute atomic E-state index is 0.312. The summed E-state index contributed by atoms with van der Waals surface area (Å²) in [4.78, 5) is 16.6. The normalized spacial score (nSPS) is 20.4. The number of halogens is 2. The van der Waals surface area contributed by atoms with Crippen LogP contribution in [-0.2, 0) is 11.3 Å². The summed E-state index contributed by atoms with van der Waals surface area (Å²) in [6.45, 7) is 4.41. The fraction of sp³-hybridized carbons (Fsp3) is 0.562. The number of amides is 1. The minimum atomic E-state index is 0.312. The maximum Gasteiger partial charge on any atom is 0.225 e. The van der Waals surface area contributed by atoms with E-state index in [0.717, 1.165) is 45.6 Å². The van der Waals surface area contributed by atoms with Crippen LogP contribution in [0.15, 0.2) is 18.2 Å². The minimum Gasteiger partial charge on any atom is -0.340 e. The van der Waals surface area contributed by atoms with Gasteiger partial charge in [-0.15, -0.1) is 0 Å². The standard InChI is InChI=1S/C16H20Cl2N2O/c17-14-5-4-12(10-15(14)18)11-19-6-8-20(9-7-19)16(21)13-2-1-3-13/h4-5,10,13H,1-3,6-9,11H2. The first-order valence-electron chi connectivity index (χ1n) is 7.58. The van der Waals surface area contributed by atoms with Gasteiger partial charge in [-0.1, -0.05) is 35.7 Å². The highest BCUT2D eigenvalue weighted by atomic mass is 35.5. The third kappa shape index (κ3) is 3.53. The molecule has 114 valence electrons. The quantitative estimate of drug-likeness (QED) is 0.849. The zero-order valence-corrected chi connectivity index (χ0v) is 13.5. The number of nitrogens with zero attached hydrogens (tertiary/aromatic N) is 2. The van der Waals surface area contributed by atoms with E-state index in [0.29, 0.717) is 21.9 Å². The van der Waals surface area contributed by atoms with Crippen molar-refractivity contribution in [3.05, 3.63) is 33.8 Å². The van der Waals surface area contributed by atoms with Gasteiger partial charge in [-0.2, -0.15) is 0 Å². The van der Waals surface area contributed by atoms with Gasteiger partial charge in [0.25, 0.3) is 0 Å². The molecular formula is C16H20Cl2N2O. The summed E-state index contributed by atoms with van der Waals surface area (Å²) < 4.78 is 0. The maximum atomic E-state index is 12.2. The molecule has 21 heavy (non-hydrogen) atoms. The molecule has 1 aliphatic carbocycles. The topological polar surface area (TPSA) is 23.6 Å². The van der Waals surface area contributed by atoms with E-state index in [-0.39, 0.29) is 0 Å². The first-order valence-corrected chi connectivity index (χ1v) is 8.34. The van der Waals surface area contributed by atoms with Gasteiger partial charge in [0.1, 0.15) is 0 Å². The number of hydrogen-bond donors (Lipinski definition) is 0. The molecule has 0 aromatic heterocycles. The zero-order valence-electron chi connectivity index (χ0n) is 12.0. The number of carbonyl (C=O) groups excluding carboxylic acids is 1. The van der Waals surface area contributed by atoms with Crippen molar-refractivity contribution < 1.29 is 4.79 Å². The summed E-state index contributed by atoms with van der Waals surface area (Å²) in [5, 5.41) is 1.20. The van der Waals surface area contributed by atoms with Crippen molar-refractivity contribution in [2.45, 2.75) is 25.8 Å². The van der Waals surface area contributed by atoms with Crippen LogP contribution in [0.5, 0.6) is 0 Å². The summed E-state index contributed by atoms with van der Waals surface area (Å²) >= 11 is 12.0. The fourth-order valence-corrected chi connectivity index (χ4v) is 3.26. The summed E-state index contributed by atoms with van der Waals surface area (Å²) in [6.07, 6.45) is 3.39. The number of carbonyl (C=O) groups is 1. The molecule has 1 saturated carbocycles. The monoisotopic (exact) mass is 326 g/mol. The van der Waals surface area contributed by atoms with E-state index in [9.17, 15) is 4.79 Å². The second-order valence-corrected chi connectivity index (χ2v) is 6.79. The lowest BCUT2D eigenvalue weighted by atomic mass is 9.84. The van der Waals surface area contributed by atoms with Gasteiger partial charge in [0.05, 0.1) is 10.0 Å². The van der Waals surface area contributed by atoms with Crippen molar-refractivity contribution in [2.24, 2.45) is 5.92 Å². The molecule has 1 aliphatic heterocycles. The molecular weight excluding hydrogens is 307 g/mol. The van der Waals surface area contributed by atoms with Crippen molar-refractivity contribution >= 4 is 29.1 Å². The van der Waals surface area contributed by atoms with Crippen LogP contribution < -0.4 is 0 Å². The molecule has 3 nitrogen and oxygen atoms in total. The van der Waals surface area contributed by atoms with Gasteiger partial charge in [-0.05, 0) is 30.5 Å². The predicted molar refractivity (Wildman–Crippen MR) is 85.7 cm³/mol. The lowest BCUT2D eigenvalue weighted by Crippen LogP contribution is -2.50. The fourth-order valence-electron chi connectivity index (χ4n) is 2.94. The molecule has 0 unspecified atom stereocenters. The van der Waals surface area contributed by atoms with Crippen LogP contribution in [0.25, 0.3) is 0 Å². The SMILES string of the molecule is O=C(C1CCC1)N1CCN(Cc2ccc(Cl)c(Cl)c2)CC1. The average Bonchev–Trinajstić information content (AvgIpc) is 2.42. The molecule has 0 atom stereocenters. The highest BCUT2D eigenvalue weighted by Crippen LogP contribution is 2.29. The lowest BCUT2D eigenvalue weighted by Gasteiger charge is -2.38. The van der Waals surface area contributed by atoms with Gasteiger partial charge in [0.2, 0.25) is 5.91 Å². The maximum absolute atomic E-state index is 12.2. The van der Waals surface area contributed by atoms with E-state index in [1.54, 1.807) is 0 Å². The summed E-state index contributed by atoms with van der Waals surface area (Å²) in [7, 11) is 0. The van der Waals surface area contributed by atoms with E-state index in [1.807, 2.05) is 23.1 Å². The summed E-state index contributed by atoms with van der Waals surface area (Å²) in [5.74, 6) is 0.682. The molecule has 0 spiro atoms. The highest BCUT2D eigenvalue weighted by Gasteiger charge is 2.31. The van der Waals surface area contributed by atoms with Crippen molar-refractivity contribution in [1.82, 2.24) is 9.80 Å². The third-order valence-electron chi connectivity index (χ3n) is 4.53. The highest BCUT2D eigenvalue weighted by molar-refractivity contribution is 6.42. The molecule has 3 rings (SSSR count). The Balaban J connectivity index is 1.51. The molecule has 1 aromatic rings. The Labute approximate surface area is 135 Å². The Morgan fingerprint density at radius 3 is 2.38 bits per heavy atom. The second kappa shape index (κ2) is 6.55. The van der Waals surface area contributed by atoms with Gasteiger partial charge in [-0.25, -0.2) is 0 Å². The molecule has 0 N–H and O–H groups in total. The average molecular weight is 327 g/mol. The van der Waals surface area contributed by atoms with Crippen molar-refractivity contribution in [3.8, 4) is 0 Å². The molecule has 1 amide bonds. The van der Waals surface area contributed by atoms with E-state index >= 15 is 0 Å². The number of hydrogen-bond acceptors (Lipinski definition) is 2. The van der Waals surface area contributed by atoms with Crippen molar-refractivity contribution in [1.29, 1.82) is 0 Å². The largest absolute Gasteiger partial charge is 0.340 e. The van der Waals surface area contributed by atoms with Gasteiger partial charge in [0.15, 0.2) is 0 Å². The molecule has 2 aliphatic rings. The summed E-state index contributed by atoms with van der Waals surface area (Å²) in [6, 6.07) is 5.78. The predicted octanol–water partition coefficient (Wildman–Crippen LogP) is 3.44. The molecule has 2 fully saturated rings. The summed E-state index contributed by atoms with van der Waals surface area (Å²) in [5.41, 5.74) is 1.17. The number of benzene rings is 1. The third-order valence-corrected chi connectivity index (χ3v) is 5.27. The van der Waals surface area contributed by atoms with E-state index in [4.69, 9.17) is 23.2 Å². The molecule has 1 heterocycles. The van der Waals surface area contributed by atoms with Gasteiger partial charge in [-0.3, -0.25) is 9.69 Å². The van der Waals surface area contributed by atoms with Crippen LogP contribution in [0.2, 0.25) is 10.0 Å². The first-order chi connectivity index (χ1) is 10.1. The Morgan fingerprint density at radius 2 is 1.81 bits per heavy atom. The van der Waals surface area contributed by atoms with Gasteiger partial charge < -0.3 is 4.90 Å². The second-order valence-electron chi connectivity index (χ2n) is 5.98. The Bertz CT molecular complexity index is 523. The van der Waals surface area contributed by atoms with E-state index in [1.165, 1.54) is 12.0 Å². The van der Waals surface area contributed by atoms with Gasteiger partial charge in [0, 0.05) is 38.6 Å². The van der Waals surface area contributed by atoms with E-state index in [2.05, 4.69) is 4.90 Å². The van der Waals surface area contributed by atoms with E-state index < -0.39 is 0 Å². The molecule has 0 radical (unpaired) electrons. The Morgan fingerprint density at radius 1 is 1.10 bits per heavy atom. The van der Waals surface area contributed by atoms with Crippen LogP contribution in [0.4, 0.5) is 0 Å². The van der Waals surface area contributed by atoms with Crippen LogP contribution in [0, 0.1) is 5.92 Å². The van der Waals surface area contributed by atoms with Gasteiger partial charge >= 0.3 is 0 Å². The lowest BCUT2D eigenvalue weighted by molar-refractivity contribution is -0.140. The zero-order chi connectivity index (χ0) is 14.8. The van der Waals surface area contributed by atoms with Crippen LogP contribution in [0.3, 0.4) is 0 Å². The Kier molecular flexibility index (Phi) is 4.72. The van der Waals surface area contributed by atoms with Crippen LogP contribution in [-0.4, -0.2) is 41.9 Å². The first kappa shape index (κ1) is 15.1. The number of piperazine rings is 1.